The van der Waals surface area contributed by atoms with Crippen LogP contribution in [0.15, 0.2) is 83.5 Å². The van der Waals surface area contributed by atoms with Gasteiger partial charge in [0.15, 0.2) is 0 Å². The van der Waals surface area contributed by atoms with Gasteiger partial charge in [-0.1, -0.05) is 147 Å². The van der Waals surface area contributed by atoms with Gasteiger partial charge in [0, 0.05) is 1.43 Å². The maximum atomic E-state index is 2.41. The van der Waals surface area contributed by atoms with Crippen LogP contribution in [0.2, 0.25) is 0 Å². The van der Waals surface area contributed by atoms with E-state index in [1.54, 1.807) is 5.57 Å². The highest BCUT2D eigenvalue weighted by Gasteiger charge is 2.15. The molecule has 0 saturated heterocycles. The van der Waals surface area contributed by atoms with Crippen molar-refractivity contribution in [2.24, 2.45) is 35.5 Å². The van der Waals surface area contributed by atoms with E-state index < -0.39 is 0 Å². The van der Waals surface area contributed by atoms with Crippen molar-refractivity contribution in [2.45, 2.75) is 121 Å². The largest absolute Gasteiger partial charge is 1.00 e. The zero-order chi connectivity index (χ0) is 30.2. The molecular formula is C40H67+. The monoisotopic (exact) mass is 548 g/mol. The first-order valence-electron chi connectivity index (χ1n) is 16.3. The van der Waals surface area contributed by atoms with Crippen LogP contribution in [0.3, 0.4) is 0 Å². The van der Waals surface area contributed by atoms with Gasteiger partial charge in [0.1, 0.15) is 0 Å². The molecule has 0 aromatic heterocycles. The van der Waals surface area contributed by atoms with Crippen LogP contribution in [-0.2, 0) is 0 Å². The second-order valence-electron chi connectivity index (χ2n) is 13.8. The van der Waals surface area contributed by atoms with Crippen molar-refractivity contribution < 1.29 is 2.85 Å². The summed E-state index contributed by atoms with van der Waals surface area (Å²) < 4.78 is 0. The second-order valence-corrected chi connectivity index (χ2v) is 13.8. The lowest BCUT2D eigenvalue weighted by molar-refractivity contribution is 0.350. The molecule has 1 aromatic rings. The Hall–Kier alpha value is -2.08. The molecule has 0 nitrogen and oxygen atoms in total. The SMILES string of the molecule is CC1=CCC(C(C)C)CC1.CC1C=CC(C(C)C)=CC1.CC1C=CC(C(C)C)=CC1.Cc1ccc(C(C)C)cc1.[H+].[HH]. The minimum Gasteiger partial charge on any atom is -0.0853 e. The van der Waals surface area contributed by atoms with Crippen LogP contribution in [0.1, 0.15) is 128 Å². The number of allylic oxidation sites excluding steroid dienone is 10. The van der Waals surface area contributed by atoms with Gasteiger partial charge in [-0.3, -0.25) is 0 Å². The Morgan fingerprint density at radius 2 is 1.12 bits per heavy atom. The van der Waals surface area contributed by atoms with E-state index in [1.165, 1.54) is 54.4 Å². The van der Waals surface area contributed by atoms with E-state index in [0.29, 0.717) is 17.8 Å². The molecule has 3 aliphatic rings. The highest BCUT2D eigenvalue weighted by molar-refractivity contribution is 5.26. The predicted molar refractivity (Wildman–Crippen MR) is 186 cm³/mol. The summed E-state index contributed by atoms with van der Waals surface area (Å²) in [5, 5.41) is 0. The van der Waals surface area contributed by atoms with E-state index in [9.17, 15) is 0 Å². The van der Waals surface area contributed by atoms with Gasteiger partial charge >= 0.3 is 1.43 Å². The topological polar surface area (TPSA) is 0 Å². The minimum absolute atomic E-state index is 0. The van der Waals surface area contributed by atoms with Gasteiger partial charge in [-0.25, -0.2) is 0 Å². The Bertz CT molecular complexity index is 943. The molecule has 0 heteroatoms. The molecule has 3 aliphatic carbocycles. The zero-order valence-electron chi connectivity index (χ0n) is 29.4. The van der Waals surface area contributed by atoms with Crippen LogP contribution in [0, 0.1) is 42.4 Å². The molecule has 4 rings (SSSR count). The van der Waals surface area contributed by atoms with Crippen LogP contribution in [-0.4, -0.2) is 0 Å². The second kappa shape index (κ2) is 19.1. The Morgan fingerprint density at radius 3 is 1.43 bits per heavy atom. The number of hydrogen-bond acceptors (Lipinski definition) is 0. The Morgan fingerprint density at radius 1 is 0.650 bits per heavy atom. The van der Waals surface area contributed by atoms with E-state index >= 15 is 0 Å². The predicted octanol–water partition coefficient (Wildman–Crippen LogP) is 13.2. The van der Waals surface area contributed by atoms with Crippen molar-refractivity contribution in [3.63, 3.8) is 0 Å². The van der Waals surface area contributed by atoms with Crippen molar-refractivity contribution in [3.05, 3.63) is 94.6 Å². The molecule has 0 saturated carbocycles. The van der Waals surface area contributed by atoms with Crippen molar-refractivity contribution in [3.8, 4) is 0 Å². The fourth-order valence-electron chi connectivity index (χ4n) is 4.89. The lowest BCUT2D eigenvalue weighted by Crippen LogP contribution is -2.10. The summed E-state index contributed by atoms with van der Waals surface area (Å²) in [6, 6.07) is 8.71. The third-order valence-electron chi connectivity index (χ3n) is 8.38. The third kappa shape index (κ3) is 15.1. The minimum atomic E-state index is 0. The maximum absolute atomic E-state index is 2.41. The lowest BCUT2D eigenvalue weighted by atomic mass is 9.83. The van der Waals surface area contributed by atoms with Gasteiger partial charge in [-0.05, 0) is 104 Å². The summed E-state index contributed by atoms with van der Waals surface area (Å²) in [6.07, 6.45) is 22.8. The van der Waals surface area contributed by atoms with Crippen LogP contribution in [0.5, 0.6) is 0 Å². The quantitative estimate of drug-likeness (QED) is 0.329. The molecule has 0 amide bonds. The van der Waals surface area contributed by atoms with Crippen LogP contribution in [0.4, 0.5) is 0 Å². The van der Waals surface area contributed by atoms with Crippen molar-refractivity contribution >= 4 is 0 Å². The molecular weight excluding hydrogens is 480 g/mol. The molecule has 3 atom stereocenters. The smallest absolute Gasteiger partial charge is 0.0853 e. The van der Waals surface area contributed by atoms with Gasteiger partial charge in [-0.2, -0.15) is 0 Å². The average Bonchev–Trinajstić information content (AvgIpc) is 2.91. The molecule has 0 heterocycles. The number of hydrogen-bond donors (Lipinski definition) is 0. The average molecular weight is 548 g/mol. The molecule has 0 radical (unpaired) electrons. The van der Waals surface area contributed by atoms with E-state index in [1.807, 2.05) is 0 Å². The number of rotatable bonds is 4. The number of benzene rings is 1. The first-order valence-corrected chi connectivity index (χ1v) is 16.3. The van der Waals surface area contributed by atoms with Crippen LogP contribution >= 0.6 is 0 Å². The highest BCUT2D eigenvalue weighted by atomic mass is 14.2. The first kappa shape index (κ1) is 35.9. The first-order chi connectivity index (χ1) is 18.8. The normalized spacial score (nSPS) is 21.9. The summed E-state index contributed by atoms with van der Waals surface area (Å²) in [5.41, 5.74) is 7.35. The third-order valence-corrected chi connectivity index (χ3v) is 8.38. The summed E-state index contributed by atoms with van der Waals surface area (Å²) >= 11 is 0. The van der Waals surface area contributed by atoms with E-state index in [-0.39, 0.29) is 2.85 Å². The summed E-state index contributed by atoms with van der Waals surface area (Å²) in [4.78, 5) is 0. The lowest BCUT2D eigenvalue weighted by Gasteiger charge is -2.23. The fourth-order valence-corrected chi connectivity index (χ4v) is 4.89. The van der Waals surface area contributed by atoms with Gasteiger partial charge in [0.2, 0.25) is 0 Å². The standard InChI is InChI=1S/C10H18.2C10H16.C10H14.H2/c4*1-8(2)10-6-4-9(3)5-7-10;/h4,8,10H,5-7H2,1-3H3;2*4,6-9H,5H2,1-3H3;4-8H,1-3H3;1H/p+1. The number of aryl methyl sites for hydroxylation is 1. The van der Waals surface area contributed by atoms with Gasteiger partial charge in [0.25, 0.3) is 0 Å². The molecule has 0 bridgehead atoms. The Balaban J connectivity index is 0. The van der Waals surface area contributed by atoms with Gasteiger partial charge in [-0.15, -0.1) is 0 Å². The van der Waals surface area contributed by atoms with Crippen molar-refractivity contribution in [1.29, 1.82) is 0 Å². The Kier molecular flexibility index (Phi) is 17.2. The van der Waals surface area contributed by atoms with E-state index in [4.69, 9.17) is 0 Å². The van der Waals surface area contributed by atoms with E-state index in [2.05, 4.69) is 150 Å². The van der Waals surface area contributed by atoms with Crippen LogP contribution in [0.25, 0.3) is 0 Å². The maximum Gasteiger partial charge on any atom is 1.00 e. The molecule has 0 N–H and O–H groups in total. The molecule has 1 aromatic carbocycles. The summed E-state index contributed by atoms with van der Waals surface area (Å²) in [7, 11) is 0. The van der Waals surface area contributed by atoms with E-state index in [0.717, 1.165) is 23.7 Å². The van der Waals surface area contributed by atoms with Crippen molar-refractivity contribution in [2.75, 3.05) is 0 Å². The summed E-state index contributed by atoms with van der Waals surface area (Å²) in [5.74, 6) is 5.39. The summed E-state index contributed by atoms with van der Waals surface area (Å²) in [6.45, 7) is 26.9. The molecule has 0 spiro atoms. The fraction of sp³-hybridized carbons (Fsp3) is 0.600. The highest BCUT2D eigenvalue weighted by Crippen LogP contribution is 2.28. The molecule has 0 aliphatic heterocycles. The zero-order valence-corrected chi connectivity index (χ0v) is 28.4. The van der Waals surface area contributed by atoms with Crippen LogP contribution < -0.4 is 0 Å². The van der Waals surface area contributed by atoms with Gasteiger partial charge in [0.05, 0.1) is 0 Å². The van der Waals surface area contributed by atoms with Crippen molar-refractivity contribution in [1.82, 2.24) is 0 Å². The van der Waals surface area contributed by atoms with Gasteiger partial charge < -0.3 is 0 Å². The molecule has 40 heavy (non-hydrogen) atoms. The Labute approximate surface area is 253 Å². The molecule has 0 fully saturated rings. The molecule has 3 unspecified atom stereocenters. The molecule has 226 valence electrons.